The van der Waals surface area contributed by atoms with Gasteiger partial charge in [-0.25, -0.2) is 4.79 Å². The summed E-state index contributed by atoms with van der Waals surface area (Å²) in [7, 11) is 0. The van der Waals surface area contributed by atoms with Gasteiger partial charge in [0, 0.05) is 29.7 Å². The van der Waals surface area contributed by atoms with Gasteiger partial charge >= 0.3 is 6.03 Å². The van der Waals surface area contributed by atoms with Gasteiger partial charge in [-0.15, -0.1) is 11.8 Å². The second-order valence-electron chi connectivity index (χ2n) is 6.51. The molecule has 0 aliphatic carbocycles. The van der Waals surface area contributed by atoms with Crippen molar-refractivity contribution >= 4 is 23.5 Å². The molecule has 2 fully saturated rings. The van der Waals surface area contributed by atoms with Crippen molar-refractivity contribution in [3.05, 3.63) is 24.3 Å². The molecule has 1 aromatic rings. The number of thioether (sulfide) groups is 1. The fourth-order valence-corrected chi connectivity index (χ4v) is 4.00. The monoisotopic (exact) mass is 333 g/mol. The number of amides is 2. The minimum Gasteiger partial charge on any atom is -0.320 e. The molecular formula is C18H27N3OS. The SMILES string of the molecule is CSc1ccc(NC(=O)N2CCCC[C@H]2CN2CCCC2)cc1. The van der Waals surface area contributed by atoms with Gasteiger partial charge in [-0.3, -0.25) is 0 Å². The number of likely N-dealkylation sites (tertiary alicyclic amines) is 2. The summed E-state index contributed by atoms with van der Waals surface area (Å²) in [5, 5.41) is 3.08. The molecule has 0 saturated carbocycles. The molecule has 0 aromatic heterocycles. The quantitative estimate of drug-likeness (QED) is 0.849. The summed E-state index contributed by atoms with van der Waals surface area (Å²) in [6.07, 6.45) is 8.17. The van der Waals surface area contributed by atoms with Crippen molar-refractivity contribution in [3.63, 3.8) is 0 Å². The third-order valence-corrected chi connectivity index (χ3v) is 5.64. The van der Waals surface area contributed by atoms with Gasteiger partial charge < -0.3 is 15.1 Å². The molecule has 3 rings (SSSR count). The molecule has 0 bridgehead atoms. The molecule has 2 amide bonds. The van der Waals surface area contributed by atoms with Crippen LogP contribution in [0, 0.1) is 0 Å². The van der Waals surface area contributed by atoms with Gasteiger partial charge in [0.2, 0.25) is 0 Å². The van der Waals surface area contributed by atoms with E-state index < -0.39 is 0 Å². The van der Waals surface area contributed by atoms with E-state index in [9.17, 15) is 4.79 Å². The molecule has 2 aliphatic heterocycles. The lowest BCUT2D eigenvalue weighted by Gasteiger charge is -2.37. The first-order valence-corrected chi connectivity index (χ1v) is 9.93. The van der Waals surface area contributed by atoms with Gasteiger partial charge in [0.05, 0.1) is 0 Å². The van der Waals surface area contributed by atoms with Crippen molar-refractivity contribution in [1.29, 1.82) is 0 Å². The van der Waals surface area contributed by atoms with Gasteiger partial charge in [-0.2, -0.15) is 0 Å². The maximum Gasteiger partial charge on any atom is 0.322 e. The summed E-state index contributed by atoms with van der Waals surface area (Å²) in [6, 6.07) is 8.51. The molecule has 1 atom stereocenters. The first-order valence-electron chi connectivity index (χ1n) is 8.70. The van der Waals surface area contributed by atoms with Gasteiger partial charge in [0.25, 0.3) is 0 Å². The number of anilines is 1. The smallest absolute Gasteiger partial charge is 0.320 e. The highest BCUT2D eigenvalue weighted by Gasteiger charge is 2.29. The molecular weight excluding hydrogens is 306 g/mol. The number of hydrogen-bond donors (Lipinski definition) is 1. The van der Waals surface area contributed by atoms with E-state index in [1.54, 1.807) is 11.8 Å². The molecule has 1 aromatic carbocycles. The molecule has 23 heavy (non-hydrogen) atoms. The highest BCUT2D eigenvalue weighted by molar-refractivity contribution is 7.98. The third-order valence-electron chi connectivity index (χ3n) is 4.90. The predicted molar refractivity (Wildman–Crippen MR) is 97.3 cm³/mol. The summed E-state index contributed by atoms with van der Waals surface area (Å²) in [5.41, 5.74) is 0.887. The molecule has 2 saturated heterocycles. The van der Waals surface area contributed by atoms with E-state index in [-0.39, 0.29) is 6.03 Å². The second-order valence-corrected chi connectivity index (χ2v) is 7.39. The van der Waals surface area contributed by atoms with Crippen LogP contribution in [0.1, 0.15) is 32.1 Å². The molecule has 0 radical (unpaired) electrons. The molecule has 4 nitrogen and oxygen atoms in total. The predicted octanol–water partition coefficient (Wildman–Crippen LogP) is 3.89. The minimum absolute atomic E-state index is 0.0609. The Kier molecular flexibility index (Phi) is 5.84. The molecule has 2 aliphatic rings. The third kappa shape index (κ3) is 4.42. The highest BCUT2D eigenvalue weighted by atomic mass is 32.2. The first kappa shape index (κ1) is 16.7. The van der Waals surface area contributed by atoms with E-state index in [0.717, 1.165) is 31.6 Å². The maximum atomic E-state index is 12.7. The van der Waals surface area contributed by atoms with E-state index in [1.165, 1.54) is 37.2 Å². The van der Waals surface area contributed by atoms with Crippen molar-refractivity contribution in [2.24, 2.45) is 0 Å². The summed E-state index contributed by atoms with van der Waals surface area (Å²) >= 11 is 1.71. The molecule has 1 N–H and O–H groups in total. The number of carbonyl (C=O) groups excluding carboxylic acids is 1. The lowest BCUT2D eigenvalue weighted by atomic mass is 10.0. The standard InChI is InChI=1S/C18H27N3OS/c1-23-17-9-7-15(8-10-17)19-18(22)21-13-3-2-6-16(21)14-20-11-4-5-12-20/h7-10,16H,2-6,11-14H2,1H3,(H,19,22)/t16-/m0/s1. The van der Waals surface area contributed by atoms with Crippen LogP contribution >= 0.6 is 11.8 Å². The van der Waals surface area contributed by atoms with E-state index in [4.69, 9.17) is 0 Å². The number of rotatable bonds is 4. The molecule has 5 heteroatoms. The number of hydrogen-bond acceptors (Lipinski definition) is 3. The zero-order valence-corrected chi connectivity index (χ0v) is 14.8. The summed E-state index contributed by atoms with van der Waals surface area (Å²) < 4.78 is 0. The van der Waals surface area contributed by atoms with Crippen LogP contribution < -0.4 is 5.32 Å². The van der Waals surface area contributed by atoms with Crippen LogP contribution in [0.25, 0.3) is 0 Å². The van der Waals surface area contributed by atoms with Crippen LogP contribution in [-0.4, -0.2) is 54.3 Å². The van der Waals surface area contributed by atoms with E-state index in [0.29, 0.717) is 6.04 Å². The fraction of sp³-hybridized carbons (Fsp3) is 0.611. The van der Waals surface area contributed by atoms with Gasteiger partial charge in [-0.05, 0) is 75.7 Å². The number of piperidine rings is 1. The maximum absolute atomic E-state index is 12.7. The Morgan fingerprint density at radius 3 is 2.52 bits per heavy atom. The average molecular weight is 334 g/mol. The van der Waals surface area contributed by atoms with E-state index in [2.05, 4.69) is 33.5 Å². The van der Waals surface area contributed by atoms with E-state index >= 15 is 0 Å². The lowest BCUT2D eigenvalue weighted by Crippen LogP contribution is -2.50. The summed E-state index contributed by atoms with van der Waals surface area (Å²) in [5.74, 6) is 0. The number of benzene rings is 1. The largest absolute Gasteiger partial charge is 0.322 e. The van der Waals surface area contributed by atoms with Crippen LogP contribution in [0.15, 0.2) is 29.2 Å². The van der Waals surface area contributed by atoms with Crippen LogP contribution in [0.5, 0.6) is 0 Å². The first-order chi connectivity index (χ1) is 11.3. The second kappa shape index (κ2) is 8.06. The molecule has 126 valence electrons. The Morgan fingerprint density at radius 1 is 1.13 bits per heavy atom. The Hall–Kier alpha value is -1.20. The summed E-state index contributed by atoms with van der Waals surface area (Å²) in [4.78, 5) is 18.5. The Balaban J connectivity index is 1.60. The van der Waals surface area contributed by atoms with Gasteiger partial charge in [0.15, 0.2) is 0 Å². The van der Waals surface area contributed by atoms with Crippen LogP contribution in [0.4, 0.5) is 10.5 Å². The van der Waals surface area contributed by atoms with Crippen molar-refractivity contribution in [2.75, 3.05) is 37.8 Å². The Bertz CT molecular complexity index is 514. The van der Waals surface area contributed by atoms with Crippen LogP contribution in [-0.2, 0) is 0 Å². The highest BCUT2D eigenvalue weighted by Crippen LogP contribution is 2.22. The minimum atomic E-state index is 0.0609. The topological polar surface area (TPSA) is 35.6 Å². The van der Waals surface area contributed by atoms with Gasteiger partial charge in [-0.1, -0.05) is 0 Å². The normalized spacial score (nSPS) is 22.3. The van der Waals surface area contributed by atoms with Crippen molar-refractivity contribution in [2.45, 2.75) is 43.0 Å². The number of carbonyl (C=O) groups is 1. The number of urea groups is 1. The van der Waals surface area contributed by atoms with Crippen molar-refractivity contribution in [1.82, 2.24) is 9.80 Å². The molecule has 0 spiro atoms. The van der Waals surface area contributed by atoms with E-state index in [1.807, 2.05) is 12.1 Å². The number of nitrogens with one attached hydrogen (secondary N) is 1. The molecule has 2 heterocycles. The average Bonchev–Trinajstić information content (AvgIpc) is 3.09. The summed E-state index contributed by atoms with van der Waals surface area (Å²) in [6.45, 7) is 4.32. The fourth-order valence-electron chi connectivity index (χ4n) is 3.59. The molecule has 0 unspecified atom stereocenters. The number of nitrogens with zero attached hydrogens (tertiary/aromatic N) is 2. The Labute approximate surface area is 143 Å². The zero-order valence-electron chi connectivity index (χ0n) is 14.0. The Morgan fingerprint density at radius 2 is 1.83 bits per heavy atom. The van der Waals surface area contributed by atoms with Gasteiger partial charge in [0.1, 0.15) is 0 Å². The van der Waals surface area contributed by atoms with Crippen molar-refractivity contribution < 1.29 is 4.79 Å². The lowest BCUT2D eigenvalue weighted by molar-refractivity contribution is 0.136. The van der Waals surface area contributed by atoms with Crippen molar-refractivity contribution in [3.8, 4) is 0 Å². The van der Waals surface area contributed by atoms with Crippen LogP contribution in [0.2, 0.25) is 0 Å². The van der Waals surface area contributed by atoms with Crippen LogP contribution in [0.3, 0.4) is 0 Å². The zero-order chi connectivity index (χ0) is 16.1.